The second-order valence-corrected chi connectivity index (χ2v) is 16.9. The topological polar surface area (TPSA) is 295 Å². The number of carbonyl (C=O) groups is 7. The van der Waals surface area contributed by atoms with Gasteiger partial charge in [-0.2, -0.15) is 0 Å². The molecule has 1 aromatic heterocycles. The Morgan fingerprint density at radius 2 is 1.52 bits per heavy atom. The van der Waals surface area contributed by atoms with Crippen molar-refractivity contribution >= 4 is 56.9 Å². The highest BCUT2D eigenvalue weighted by Gasteiger charge is 2.36. The normalized spacial score (nSPS) is 15.6. The number of non-ortho nitro benzene ring substituents is 1. The van der Waals surface area contributed by atoms with Gasteiger partial charge in [0.2, 0.25) is 23.5 Å². The first kappa shape index (κ1) is 48.5. The zero-order valence-corrected chi connectivity index (χ0v) is 35.2. The van der Waals surface area contributed by atoms with Crippen molar-refractivity contribution in [1.29, 1.82) is 0 Å². The number of hydrogen-bond donors (Lipinski definition) is 6. The van der Waals surface area contributed by atoms with Gasteiger partial charge in [-0.1, -0.05) is 79.2 Å². The summed E-state index contributed by atoms with van der Waals surface area (Å²) in [5, 5.41) is 23.9. The number of benzene rings is 1. The van der Waals surface area contributed by atoms with Crippen LogP contribution >= 0.6 is 0 Å². The monoisotopic (exact) mass is 857 g/mol. The minimum Gasteiger partial charge on any atom is -0.344 e. The van der Waals surface area contributed by atoms with E-state index >= 15 is 0 Å². The van der Waals surface area contributed by atoms with Gasteiger partial charge in [0.1, 0.15) is 23.8 Å². The van der Waals surface area contributed by atoms with Gasteiger partial charge in [-0.3, -0.25) is 48.7 Å². The van der Waals surface area contributed by atoms with Gasteiger partial charge in [-0.15, -0.1) is 0 Å². The molecular formula is C39H55N9O11S. The van der Waals surface area contributed by atoms with Gasteiger partial charge in [0.05, 0.1) is 28.6 Å². The van der Waals surface area contributed by atoms with Crippen LogP contribution in [0.2, 0.25) is 0 Å². The fourth-order valence-electron chi connectivity index (χ4n) is 6.60. The van der Waals surface area contributed by atoms with Crippen LogP contribution in [0.25, 0.3) is 0 Å². The number of aromatic nitrogens is 2. The molecule has 0 bridgehead atoms. The van der Waals surface area contributed by atoms with Crippen molar-refractivity contribution in [2.75, 3.05) is 6.54 Å². The number of nitro groups is 1. The van der Waals surface area contributed by atoms with E-state index in [-0.39, 0.29) is 36.8 Å². The Hall–Kier alpha value is -5.86. The summed E-state index contributed by atoms with van der Waals surface area (Å²) < 4.78 is 26.9. The maximum absolute atomic E-state index is 14.1. The van der Waals surface area contributed by atoms with Gasteiger partial charge >= 0.3 is 0 Å². The van der Waals surface area contributed by atoms with E-state index in [0.717, 1.165) is 56.4 Å². The number of rotatable bonds is 22. The first-order valence-electron chi connectivity index (χ1n) is 20.0. The van der Waals surface area contributed by atoms with E-state index in [1.165, 1.54) is 25.5 Å². The Morgan fingerprint density at radius 1 is 0.850 bits per heavy atom. The Morgan fingerprint density at radius 3 is 2.12 bits per heavy atom. The molecule has 1 fully saturated rings. The van der Waals surface area contributed by atoms with E-state index in [0.29, 0.717) is 6.42 Å². The van der Waals surface area contributed by atoms with Crippen LogP contribution in [0.3, 0.4) is 0 Å². The largest absolute Gasteiger partial charge is 0.344 e. The lowest BCUT2D eigenvalue weighted by molar-refractivity contribution is -0.385. The maximum Gasteiger partial charge on any atom is 0.290 e. The molecule has 0 spiro atoms. The molecule has 6 N–H and O–H groups in total. The summed E-state index contributed by atoms with van der Waals surface area (Å²) in [6, 6.07) is -0.811. The second kappa shape index (κ2) is 23.1. The average molecular weight is 858 g/mol. The van der Waals surface area contributed by atoms with Crippen molar-refractivity contribution in [3.05, 3.63) is 58.7 Å². The van der Waals surface area contributed by atoms with Crippen LogP contribution in [0.4, 0.5) is 5.69 Å². The summed E-state index contributed by atoms with van der Waals surface area (Å²) in [5.74, 6) is -6.77. The van der Waals surface area contributed by atoms with Crippen LogP contribution in [-0.4, -0.2) is 95.2 Å². The maximum atomic E-state index is 14.1. The molecule has 0 aliphatic heterocycles. The summed E-state index contributed by atoms with van der Waals surface area (Å²) in [4.78, 5) is 111. The number of nitrogens with zero attached hydrogens (tertiary/aromatic N) is 3. The predicted octanol–water partition coefficient (Wildman–Crippen LogP) is 1.60. The number of sulfonamides is 1. The molecular weight excluding hydrogens is 803 g/mol. The van der Waals surface area contributed by atoms with Crippen LogP contribution < -0.4 is 31.3 Å². The van der Waals surface area contributed by atoms with Gasteiger partial charge in [-0.05, 0) is 43.1 Å². The van der Waals surface area contributed by atoms with Gasteiger partial charge in [0.25, 0.3) is 33.4 Å². The molecule has 5 atom stereocenters. The molecule has 60 heavy (non-hydrogen) atoms. The SMILES string of the molecule is CCC(C)C(NC(=O)[C@H](CC(C)C)NC(=O)c1cnccn1)C(=O)N[C@@H](CC1CCCCC1)C(=O)N[C@@H](CC)C(=O)C(=O)NCC(=O)NS(=O)(=O)c1cccc([N+](=O)[O-])c1. The number of carbonyl (C=O) groups excluding carboxylic acids is 7. The Bertz CT molecular complexity index is 1980. The van der Waals surface area contributed by atoms with E-state index in [1.54, 1.807) is 11.6 Å². The summed E-state index contributed by atoms with van der Waals surface area (Å²) in [6.45, 7) is 7.88. The summed E-state index contributed by atoms with van der Waals surface area (Å²) in [6.07, 6.45) is 9.30. The molecule has 21 heteroatoms. The molecule has 1 saturated carbocycles. The zero-order chi connectivity index (χ0) is 44.6. The molecule has 20 nitrogen and oxygen atoms in total. The molecule has 2 unspecified atom stereocenters. The quantitative estimate of drug-likeness (QED) is 0.0558. The van der Waals surface area contributed by atoms with Crippen LogP contribution in [0.5, 0.6) is 0 Å². The van der Waals surface area contributed by atoms with Gasteiger partial charge in [0, 0.05) is 24.5 Å². The van der Waals surface area contributed by atoms with Gasteiger partial charge in [-0.25, -0.2) is 18.1 Å². The van der Waals surface area contributed by atoms with Crippen molar-refractivity contribution in [2.24, 2.45) is 17.8 Å². The zero-order valence-electron chi connectivity index (χ0n) is 34.4. The lowest BCUT2D eigenvalue weighted by Gasteiger charge is -2.31. The molecule has 1 aliphatic rings. The molecule has 0 saturated heterocycles. The Labute approximate surface area is 348 Å². The number of nitrogens with one attached hydrogen (secondary N) is 6. The van der Waals surface area contributed by atoms with E-state index in [9.17, 15) is 52.1 Å². The lowest BCUT2D eigenvalue weighted by Crippen LogP contribution is -2.60. The highest BCUT2D eigenvalue weighted by Crippen LogP contribution is 2.28. The molecule has 3 rings (SSSR count). The van der Waals surface area contributed by atoms with Crippen molar-refractivity contribution in [3.8, 4) is 0 Å². The number of hydrogen-bond acceptors (Lipinski definition) is 13. The first-order valence-corrected chi connectivity index (χ1v) is 21.4. The van der Waals surface area contributed by atoms with Crippen LogP contribution in [-0.2, 0) is 38.8 Å². The summed E-state index contributed by atoms with van der Waals surface area (Å²) >= 11 is 0. The molecule has 1 aromatic carbocycles. The molecule has 328 valence electrons. The van der Waals surface area contributed by atoms with Gasteiger partial charge in [0.15, 0.2) is 0 Å². The smallest absolute Gasteiger partial charge is 0.290 e. The number of ketones is 1. The van der Waals surface area contributed by atoms with Crippen molar-refractivity contribution < 1.29 is 46.9 Å². The fourth-order valence-corrected chi connectivity index (χ4v) is 7.62. The second-order valence-electron chi connectivity index (χ2n) is 15.2. The van der Waals surface area contributed by atoms with Crippen molar-refractivity contribution in [2.45, 2.75) is 121 Å². The van der Waals surface area contributed by atoms with E-state index < -0.39 is 103 Å². The molecule has 1 heterocycles. The van der Waals surface area contributed by atoms with E-state index in [1.807, 2.05) is 26.1 Å². The van der Waals surface area contributed by atoms with Crippen molar-refractivity contribution in [1.82, 2.24) is 41.3 Å². The average Bonchev–Trinajstić information content (AvgIpc) is 3.22. The predicted molar refractivity (Wildman–Crippen MR) is 216 cm³/mol. The third-order valence-corrected chi connectivity index (χ3v) is 11.5. The van der Waals surface area contributed by atoms with Crippen LogP contribution in [0.1, 0.15) is 103 Å². The minimum atomic E-state index is -4.57. The summed E-state index contributed by atoms with van der Waals surface area (Å²) in [7, 11) is -4.57. The third-order valence-electron chi connectivity index (χ3n) is 10.1. The lowest BCUT2D eigenvalue weighted by atomic mass is 9.84. The Kier molecular flexibility index (Phi) is 18.6. The van der Waals surface area contributed by atoms with Crippen LogP contribution in [0.15, 0.2) is 47.8 Å². The minimum absolute atomic E-state index is 0.00426. The molecule has 6 amide bonds. The van der Waals surface area contributed by atoms with Crippen LogP contribution in [0, 0.1) is 27.9 Å². The number of Topliss-reactive ketones (excluding diaryl/α,β-unsaturated/α-hetero) is 1. The summed E-state index contributed by atoms with van der Waals surface area (Å²) in [5.41, 5.74) is -0.530. The highest BCUT2D eigenvalue weighted by molar-refractivity contribution is 7.90. The molecule has 1 aliphatic carbocycles. The van der Waals surface area contributed by atoms with E-state index in [2.05, 4.69) is 31.2 Å². The standard InChI is InChI=1S/C39H55N9O11S/c1-6-24(5)33(46-36(52)29(18-23(3)4)44-37(53)31-21-40-16-17-41-31)38(54)45-30(19-25-12-9-8-10-13-25)35(51)43-28(7-2)34(50)39(55)42-22-32(49)47-60(58,59)27-15-11-14-26(20-27)48(56)57/h11,14-17,20-21,23-25,28-30,33H,6-10,12-13,18-19,22H2,1-5H3,(H,42,55)(H,43,51)(H,44,53)(H,45,54)(H,46,52)(H,47,49)/t24?,28-,29-,30-,33?/m0/s1. The van der Waals surface area contributed by atoms with E-state index in [4.69, 9.17) is 0 Å². The van der Waals surface area contributed by atoms with Gasteiger partial charge < -0.3 is 26.6 Å². The Balaban J connectivity index is 1.73. The highest BCUT2D eigenvalue weighted by atomic mass is 32.2. The third kappa shape index (κ3) is 14.8. The number of amides is 6. The molecule has 0 radical (unpaired) electrons. The number of nitro benzene ring substituents is 1. The van der Waals surface area contributed by atoms with Crippen molar-refractivity contribution in [3.63, 3.8) is 0 Å². The fraction of sp³-hybridized carbons (Fsp3) is 0.564. The first-order chi connectivity index (χ1) is 28.4. The molecule has 2 aromatic rings.